The highest BCUT2D eigenvalue weighted by Crippen LogP contribution is 2.48. The Balaban J connectivity index is 1.20. The second kappa shape index (κ2) is 8.03. The van der Waals surface area contributed by atoms with Crippen molar-refractivity contribution in [1.29, 1.82) is 0 Å². The average Bonchev–Trinajstić information content (AvgIpc) is 3.58. The molecule has 29 heavy (non-hydrogen) atoms. The van der Waals surface area contributed by atoms with Gasteiger partial charge in [0, 0.05) is 43.4 Å². The first-order valence-corrected chi connectivity index (χ1v) is 11.9. The first-order valence-electron chi connectivity index (χ1n) is 11.9. The van der Waals surface area contributed by atoms with Crippen molar-refractivity contribution in [3.05, 3.63) is 35.4 Å². The molecule has 1 amide bonds. The van der Waals surface area contributed by atoms with Crippen molar-refractivity contribution in [2.45, 2.75) is 82.4 Å². The zero-order valence-electron chi connectivity index (χ0n) is 17.9. The Bertz CT molecular complexity index is 730. The number of hydrogen-bond acceptors (Lipinski definition) is 3. The van der Waals surface area contributed by atoms with Gasteiger partial charge in [0.1, 0.15) is 0 Å². The number of aryl methyl sites for hydroxylation is 1. The van der Waals surface area contributed by atoms with Crippen LogP contribution in [0.5, 0.6) is 0 Å². The van der Waals surface area contributed by atoms with Gasteiger partial charge in [0.25, 0.3) is 5.91 Å². The summed E-state index contributed by atoms with van der Waals surface area (Å²) < 4.78 is 6.44. The van der Waals surface area contributed by atoms with E-state index in [0.29, 0.717) is 17.7 Å². The number of rotatable bonds is 5. The zero-order valence-corrected chi connectivity index (χ0v) is 17.9. The maximum absolute atomic E-state index is 12.9. The van der Waals surface area contributed by atoms with E-state index in [1.807, 2.05) is 18.2 Å². The van der Waals surface area contributed by atoms with Gasteiger partial charge in [-0.3, -0.25) is 9.69 Å². The molecule has 1 aromatic carbocycles. The van der Waals surface area contributed by atoms with Crippen molar-refractivity contribution in [3.63, 3.8) is 0 Å². The van der Waals surface area contributed by atoms with Gasteiger partial charge in [-0.05, 0) is 63.5 Å². The highest BCUT2D eigenvalue weighted by Gasteiger charge is 2.56. The molecule has 4 heteroatoms. The fourth-order valence-corrected chi connectivity index (χ4v) is 5.97. The third kappa shape index (κ3) is 3.86. The van der Waals surface area contributed by atoms with Crippen LogP contribution in [0.4, 0.5) is 0 Å². The van der Waals surface area contributed by atoms with Crippen molar-refractivity contribution < 1.29 is 9.53 Å². The van der Waals surface area contributed by atoms with Crippen LogP contribution in [0.2, 0.25) is 0 Å². The predicted molar refractivity (Wildman–Crippen MR) is 115 cm³/mol. The van der Waals surface area contributed by atoms with Crippen molar-refractivity contribution in [2.24, 2.45) is 5.92 Å². The summed E-state index contributed by atoms with van der Waals surface area (Å²) in [4.78, 5) is 17.8. The monoisotopic (exact) mass is 396 g/mol. The molecule has 2 saturated heterocycles. The van der Waals surface area contributed by atoms with Gasteiger partial charge < -0.3 is 9.64 Å². The van der Waals surface area contributed by atoms with Gasteiger partial charge in [-0.1, -0.05) is 37.0 Å². The zero-order chi connectivity index (χ0) is 19.8. The standard InChI is InChI=1S/C25H36N2O2/c1-19-6-5-7-21(16-19)24(28)26-14-10-22(11-15-26)27-17-23(29-18-20-8-9-20)25(27)12-3-2-4-13-25/h5-7,16,20,22-23H,2-4,8-15,17-18H2,1H3. The molecule has 0 aromatic heterocycles. The molecule has 0 radical (unpaired) electrons. The average molecular weight is 397 g/mol. The third-order valence-corrected chi connectivity index (χ3v) is 7.94. The summed E-state index contributed by atoms with van der Waals surface area (Å²) in [6, 6.07) is 8.64. The fraction of sp³-hybridized carbons (Fsp3) is 0.720. The minimum absolute atomic E-state index is 0.203. The SMILES string of the molecule is Cc1cccc(C(=O)N2CCC(N3CC(OCC4CC4)C34CCCCC4)CC2)c1. The lowest BCUT2D eigenvalue weighted by atomic mass is 9.69. The second-order valence-electron chi connectivity index (χ2n) is 9.97. The van der Waals surface area contributed by atoms with E-state index >= 15 is 0 Å². The van der Waals surface area contributed by atoms with E-state index < -0.39 is 0 Å². The predicted octanol–water partition coefficient (Wildman–Crippen LogP) is 4.41. The van der Waals surface area contributed by atoms with Gasteiger partial charge in [0.2, 0.25) is 0 Å². The summed E-state index contributed by atoms with van der Waals surface area (Å²) >= 11 is 0. The molecule has 1 unspecified atom stereocenters. The summed E-state index contributed by atoms with van der Waals surface area (Å²) in [6.07, 6.45) is 12.1. The first kappa shape index (κ1) is 19.6. The number of hydrogen-bond donors (Lipinski definition) is 0. The number of nitrogens with zero attached hydrogens (tertiary/aromatic N) is 2. The molecule has 4 aliphatic rings. The van der Waals surface area contributed by atoms with Gasteiger partial charge in [0.05, 0.1) is 6.10 Å². The molecule has 2 aliphatic heterocycles. The van der Waals surface area contributed by atoms with Gasteiger partial charge in [-0.15, -0.1) is 0 Å². The van der Waals surface area contributed by atoms with Crippen LogP contribution in [0.25, 0.3) is 0 Å². The lowest BCUT2D eigenvalue weighted by molar-refractivity contribution is -0.202. The van der Waals surface area contributed by atoms with E-state index in [4.69, 9.17) is 4.74 Å². The Kier molecular flexibility index (Phi) is 5.42. The Morgan fingerprint density at radius 1 is 1.10 bits per heavy atom. The summed E-state index contributed by atoms with van der Waals surface area (Å²) in [5.74, 6) is 1.05. The van der Waals surface area contributed by atoms with E-state index in [9.17, 15) is 4.79 Å². The van der Waals surface area contributed by atoms with Crippen molar-refractivity contribution in [1.82, 2.24) is 9.80 Å². The van der Waals surface area contributed by atoms with Crippen LogP contribution >= 0.6 is 0 Å². The molecular weight excluding hydrogens is 360 g/mol. The second-order valence-corrected chi connectivity index (χ2v) is 9.97. The molecule has 2 heterocycles. The molecule has 0 N–H and O–H groups in total. The van der Waals surface area contributed by atoms with Crippen LogP contribution in [0.15, 0.2) is 24.3 Å². The molecule has 158 valence electrons. The molecule has 1 spiro atoms. The largest absolute Gasteiger partial charge is 0.375 e. The number of amides is 1. The highest BCUT2D eigenvalue weighted by molar-refractivity contribution is 5.94. The maximum Gasteiger partial charge on any atom is 0.253 e. The van der Waals surface area contributed by atoms with Crippen LogP contribution in [0.3, 0.4) is 0 Å². The van der Waals surface area contributed by atoms with Crippen molar-refractivity contribution in [3.8, 4) is 0 Å². The minimum Gasteiger partial charge on any atom is -0.375 e. The van der Waals surface area contributed by atoms with E-state index in [2.05, 4.69) is 22.8 Å². The summed E-state index contributed by atoms with van der Waals surface area (Å²) in [7, 11) is 0. The van der Waals surface area contributed by atoms with Crippen LogP contribution in [0, 0.1) is 12.8 Å². The lowest BCUT2D eigenvalue weighted by Gasteiger charge is -2.63. The van der Waals surface area contributed by atoms with E-state index in [0.717, 1.165) is 56.1 Å². The van der Waals surface area contributed by atoms with Gasteiger partial charge in [-0.25, -0.2) is 0 Å². The fourth-order valence-electron chi connectivity index (χ4n) is 5.97. The van der Waals surface area contributed by atoms with Crippen LogP contribution < -0.4 is 0 Å². The highest BCUT2D eigenvalue weighted by atomic mass is 16.5. The molecule has 1 atom stereocenters. The van der Waals surface area contributed by atoms with Crippen LogP contribution in [0.1, 0.15) is 73.7 Å². The van der Waals surface area contributed by atoms with Crippen molar-refractivity contribution >= 4 is 5.91 Å². The summed E-state index contributed by atoms with van der Waals surface area (Å²) in [5.41, 5.74) is 2.30. The normalized spacial score (nSPS) is 27.8. The maximum atomic E-state index is 12.9. The Morgan fingerprint density at radius 2 is 1.86 bits per heavy atom. The first-order chi connectivity index (χ1) is 14.2. The van der Waals surface area contributed by atoms with Gasteiger partial charge in [-0.2, -0.15) is 0 Å². The number of carbonyl (C=O) groups is 1. The van der Waals surface area contributed by atoms with E-state index in [1.54, 1.807) is 0 Å². The number of piperidine rings is 1. The number of ether oxygens (including phenoxy) is 1. The topological polar surface area (TPSA) is 32.8 Å². The smallest absolute Gasteiger partial charge is 0.253 e. The lowest BCUT2D eigenvalue weighted by Crippen LogP contribution is -2.75. The van der Waals surface area contributed by atoms with E-state index in [-0.39, 0.29) is 5.91 Å². The number of likely N-dealkylation sites (tertiary alicyclic amines) is 2. The molecule has 4 nitrogen and oxygen atoms in total. The van der Waals surface area contributed by atoms with Gasteiger partial charge >= 0.3 is 0 Å². The molecule has 2 aliphatic carbocycles. The minimum atomic E-state index is 0.203. The molecule has 5 rings (SSSR count). The third-order valence-electron chi connectivity index (χ3n) is 7.94. The number of benzene rings is 1. The Hall–Kier alpha value is -1.39. The van der Waals surface area contributed by atoms with Crippen molar-refractivity contribution in [2.75, 3.05) is 26.2 Å². The summed E-state index contributed by atoms with van der Waals surface area (Å²) in [5, 5.41) is 0. The molecule has 4 fully saturated rings. The Labute approximate surface area is 175 Å². The van der Waals surface area contributed by atoms with Crippen LogP contribution in [-0.4, -0.2) is 59.6 Å². The molecule has 2 saturated carbocycles. The Morgan fingerprint density at radius 3 is 2.55 bits per heavy atom. The van der Waals surface area contributed by atoms with Crippen LogP contribution in [-0.2, 0) is 4.74 Å². The molecule has 0 bridgehead atoms. The van der Waals surface area contributed by atoms with Gasteiger partial charge in [0.15, 0.2) is 0 Å². The summed E-state index contributed by atoms with van der Waals surface area (Å²) in [6.45, 7) is 5.93. The molecular formula is C25H36N2O2. The number of carbonyl (C=O) groups excluding carboxylic acids is 1. The quantitative estimate of drug-likeness (QED) is 0.739. The van der Waals surface area contributed by atoms with E-state index in [1.165, 1.54) is 44.9 Å². The molecule has 1 aromatic rings.